The van der Waals surface area contributed by atoms with Gasteiger partial charge < -0.3 is 19.6 Å². The molecule has 0 bridgehead atoms. The van der Waals surface area contributed by atoms with Gasteiger partial charge in [-0.1, -0.05) is 6.07 Å². The minimum atomic E-state index is -1.40. The molecule has 6 heteroatoms. The summed E-state index contributed by atoms with van der Waals surface area (Å²) in [6, 6.07) is 13.8. The maximum absolute atomic E-state index is 12.3. The predicted molar refractivity (Wildman–Crippen MR) is 91.4 cm³/mol. The van der Waals surface area contributed by atoms with Crippen molar-refractivity contribution < 1.29 is 19.1 Å². The predicted octanol–water partition coefficient (Wildman–Crippen LogP) is 3.02. The van der Waals surface area contributed by atoms with Crippen molar-refractivity contribution >= 4 is 17.2 Å². The molecule has 1 aromatic carbocycles. The summed E-state index contributed by atoms with van der Waals surface area (Å²) in [6.45, 7) is 0.00584. The molecule has 0 fully saturated rings. The van der Waals surface area contributed by atoms with Gasteiger partial charge in [0.15, 0.2) is 5.60 Å². The van der Waals surface area contributed by atoms with Crippen LogP contribution in [0.25, 0.3) is 0 Å². The van der Waals surface area contributed by atoms with Gasteiger partial charge in [0.2, 0.25) is 0 Å². The fourth-order valence-electron chi connectivity index (χ4n) is 2.38. The lowest BCUT2D eigenvalue weighted by molar-refractivity contribution is 0.0554. The van der Waals surface area contributed by atoms with Gasteiger partial charge in [-0.05, 0) is 47.8 Å². The van der Waals surface area contributed by atoms with Crippen molar-refractivity contribution in [2.75, 3.05) is 13.7 Å². The van der Waals surface area contributed by atoms with Crippen molar-refractivity contribution in [3.8, 4) is 5.75 Å². The molecule has 24 heavy (non-hydrogen) atoms. The number of benzene rings is 1. The van der Waals surface area contributed by atoms with Gasteiger partial charge in [0.25, 0.3) is 5.91 Å². The van der Waals surface area contributed by atoms with E-state index in [2.05, 4.69) is 5.32 Å². The number of ether oxygens (including phenoxy) is 1. The molecule has 0 spiro atoms. The molecule has 0 aliphatic rings. The quantitative estimate of drug-likeness (QED) is 0.722. The summed E-state index contributed by atoms with van der Waals surface area (Å²) in [7, 11) is 1.57. The summed E-state index contributed by atoms with van der Waals surface area (Å²) < 4.78 is 10.5. The number of methoxy groups -OCH3 is 1. The van der Waals surface area contributed by atoms with E-state index in [0.29, 0.717) is 22.0 Å². The van der Waals surface area contributed by atoms with Crippen LogP contribution in [0.15, 0.2) is 64.6 Å². The summed E-state index contributed by atoms with van der Waals surface area (Å²) in [5.74, 6) is 0.788. The average molecular weight is 343 g/mol. The SMILES string of the molecule is COc1ccc(C(=O)NCC(O)(c2ccco2)c2cccs2)cc1. The first-order valence-electron chi connectivity index (χ1n) is 7.36. The molecule has 2 heterocycles. The first-order chi connectivity index (χ1) is 11.6. The molecule has 3 rings (SSSR count). The molecule has 3 aromatic rings. The monoisotopic (exact) mass is 343 g/mol. The molecule has 2 aromatic heterocycles. The third kappa shape index (κ3) is 3.20. The van der Waals surface area contributed by atoms with Gasteiger partial charge >= 0.3 is 0 Å². The van der Waals surface area contributed by atoms with Gasteiger partial charge in [0.05, 0.1) is 19.9 Å². The number of thiophene rings is 1. The Labute approximate surface area is 143 Å². The van der Waals surface area contributed by atoms with Crippen LogP contribution in [0.1, 0.15) is 21.0 Å². The van der Waals surface area contributed by atoms with E-state index in [-0.39, 0.29) is 12.5 Å². The van der Waals surface area contributed by atoms with Crippen LogP contribution in [0.4, 0.5) is 0 Å². The van der Waals surface area contributed by atoms with Crippen LogP contribution in [-0.2, 0) is 5.60 Å². The number of carbonyl (C=O) groups excluding carboxylic acids is 1. The highest BCUT2D eigenvalue weighted by Gasteiger charge is 2.36. The molecular formula is C18H17NO4S. The number of nitrogens with one attached hydrogen (secondary N) is 1. The minimum absolute atomic E-state index is 0.00584. The summed E-state index contributed by atoms with van der Waals surface area (Å²) >= 11 is 1.40. The zero-order chi connectivity index (χ0) is 17.0. The van der Waals surface area contributed by atoms with Crippen LogP contribution in [0, 0.1) is 0 Å². The van der Waals surface area contributed by atoms with E-state index in [1.165, 1.54) is 17.6 Å². The van der Waals surface area contributed by atoms with E-state index in [4.69, 9.17) is 9.15 Å². The smallest absolute Gasteiger partial charge is 0.251 e. The molecule has 0 aliphatic carbocycles. The van der Waals surface area contributed by atoms with Crippen LogP contribution < -0.4 is 10.1 Å². The molecule has 0 saturated carbocycles. The van der Waals surface area contributed by atoms with Crippen molar-refractivity contribution in [3.63, 3.8) is 0 Å². The molecule has 0 radical (unpaired) electrons. The van der Waals surface area contributed by atoms with Crippen molar-refractivity contribution in [2.45, 2.75) is 5.60 Å². The lowest BCUT2D eigenvalue weighted by atomic mass is 9.98. The highest BCUT2D eigenvalue weighted by Crippen LogP contribution is 2.32. The average Bonchev–Trinajstić information content (AvgIpc) is 3.33. The first kappa shape index (κ1) is 16.3. The Balaban J connectivity index is 1.77. The normalized spacial score (nSPS) is 13.2. The minimum Gasteiger partial charge on any atom is -0.497 e. The molecule has 124 valence electrons. The number of hydrogen-bond acceptors (Lipinski definition) is 5. The van der Waals surface area contributed by atoms with Gasteiger partial charge in [0.1, 0.15) is 11.5 Å². The third-order valence-electron chi connectivity index (χ3n) is 3.71. The second-order valence-electron chi connectivity index (χ2n) is 5.23. The lowest BCUT2D eigenvalue weighted by Crippen LogP contribution is -2.41. The standard InChI is InChI=1S/C18H17NO4S/c1-22-14-8-6-13(7-9-14)17(20)19-12-18(21,15-4-2-10-23-15)16-5-3-11-24-16/h2-11,21H,12H2,1H3,(H,19,20). The molecule has 5 nitrogen and oxygen atoms in total. The summed E-state index contributed by atoms with van der Waals surface area (Å²) in [5.41, 5.74) is -0.913. The highest BCUT2D eigenvalue weighted by molar-refractivity contribution is 7.10. The topological polar surface area (TPSA) is 71.7 Å². The lowest BCUT2D eigenvalue weighted by Gasteiger charge is -2.25. The van der Waals surface area contributed by atoms with Gasteiger partial charge in [0, 0.05) is 10.4 Å². The van der Waals surface area contributed by atoms with Crippen LogP contribution in [0.5, 0.6) is 5.75 Å². The Kier molecular flexibility index (Phi) is 4.69. The molecule has 0 aliphatic heterocycles. The van der Waals surface area contributed by atoms with E-state index in [0.717, 1.165) is 0 Å². The van der Waals surface area contributed by atoms with Crippen LogP contribution in [-0.4, -0.2) is 24.7 Å². The van der Waals surface area contributed by atoms with Gasteiger partial charge in [-0.15, -0.1) is 11.3 Å². The summed E-state index contributed by atoms with van der Waals surface area (Å²) in [6.07, 6.45) is 1.50. The Morgan fingerprint density at radius 3 is 2.62 bits per heavy atom. The maximum atomic E-state index is 12.3. The van der Waals surface area contributed by atoms with Gasteiger partial charge in [-0.3, -0.25) is 4.79 Å². The fraction of sp³-hybridized carbons (Fsp3) is 0.167. The van der Waals surface area contributed by atoms with Crippen LogP contribution in [0.3, 0.4) is 0 Å². The second kappa shape index (κ2) is 6.90. The highest BCUT2D eigenvalue weighted by atomic mass is 32.1. The molecule has 2 N–H and O–H groups in total. The van der Waals surface area contributed by atoms with Crippen molar-refractivity contribution in [3.05, 3.63) is 76.4 Å². The number of hydrogen-bond donors (Lipinski definition) is 2. The number of rotatable bonds is 6. The Morgan fingerprint density at radius 1 is 1.25 bits per heavy atom. The summed E-state index contributed by atoms with van der Waals surface area (Å²) in [5, 5.41) is 15.7. The Hall–Kier alpha value is -2.57. The number of amides is 1. The number of carbonyl (C=O) groups is 1. The molecule has 1 unspecified atom stereocenters. The van der Waals surface area contributed by atoms with Crippen molar-refractivity contribution in [1.82, 2.24) is 5.32 Å². The number of furan rings is 1. The Bertz CT molecular complexity index is 745. The van der Waals surface area contributed by atoms with Crippen molar-refractivity contribution in [2.24, 2.45) is 0 Å². The van der Waals surface area contributed by atoms with Gasteiger partial charge in [-0.2, -0.15) is 0 Å². The largest absolute Gasteiger partial charge is 0.497 e. The van der Waals surface area contributed by atoms with E-state index >= 15 is 0 Å². The molecule has 0 saturated heterocycles. The second-order valence-corrected chi connectivity index (χ2v) is 6.17. The molecular weight excluding hydrogens is 326 g/mol. The maximum Gasteiger partial charge on any atom is 0.251 e. The zero-order valence-corrected chi connectivity index (χ0v) is 13.9. The zero-order valence-electron chi connectivity index (χ0n) is 13.1. The van der Waals surface area contributed by atoms with E-state index in [1.54, 1.807) is 43.5 Å². The van der Waals surface area contributed by atoms with E-state index in [1.807, 2.05) is 17.5 Å². The van der Waals surface area contributed by atoms with Crippen LogP contribution in [0.2, 0.25) is 0 Å². The first-order valence-corrected chi connectivity index (χ1v) is 8.24. The number of aliphatic hydroxyl groups is 1. The molecule has 1 atom stereocenters. The van der Waals surface area contributed by atoms with E-state index < -0.39 is 5.60 Å². The molecule has 1 amide bonds. The Morgan fingerprint density at radius 2 is 2.04 bits per heavy atom. The van der Waals surface area contributed by atoms with E-state index in [9.17, 15) is 9.90 Å². The summed E-state index contributed by atoms with van der Waals surface area (Å²) in [4.78, 5) is 13.0. The van der Waals surface area contributed by atoms with Gasteiger partial charge in [-0.25, -0.2) is 0 Å². The van der Waals surface area contributed by atoms with Crippen LogP contribution >= 0.6 is 11.3 Å². The van der Waals surface area contributed by atoms with Crippen molar-refractivity contribution in [1.29, 1.82) is 0 Å². The third-order valence-corrected chi connectivity index (χ3v) is 4.74. The fourth-order valence-corrected chi connectivity index (χ4v) is 3.20.